The molecular formula is C50H90Cl2N2. The summed E-state index contributed by atoms with van der Waals surface area (Å²) in [6, 6.07) is 18.8. The Balaban J connectivity index is 0.0000140. The molecule has 0 saturated heterocycles. The summed E-state index contributed by atoms with van der Waals surface area (Å²) in [6.07, 6.45) is 40.1. The van der Waals surface area contributed by atoms with Crippen LogP contribution in [0.2, 0.25) is 0 Å². The Labute approximate surface area is 351 Å². The van der Waals surface area contributed by atoms with Gasteiger partial charge in [0, 0.05) is 11.1 Å². The minimum absolute atomic E-state index is 0. The second-order valence-electron chi connectivity index (χ2n) is 18.2. The van der Waals surface area contributed by atoms with Crippen LogP contribution in [0.1, 0.15) is 205 Å². The molecule has 2 aromatic carbocycles. The van der Waals surface area contributed by atoms with Crippen LogP contribution < -0.4 is 24.8 Å². The van der Waals surface area contributed by atoms with Crippen LogP contribution in [0.5, 0.6) is 0 Å². The summed E-state index contributed by atoms with van der Waals surface area (Å²) in [7, 11) is 9.64. The lowest BCUT2D eigenvalue weighted by Crippen LogP contribution is -3.00. The zero-order chi connectivity index (χ0) is 37.6. The molecule has 2 nitrogen and oxygen atoms in total. The van der Waals surface area contributed by atoms with E-state index in [1.165, 1.54) is 215 Å². The molecule has 0 unspecified atom stereocenters. The number of rotatable bonds is 35. The van der Waals surface area contributed by atoms with Crippen LogP contribution in [0.15, 0.2) is 48.5 Å². The van der Waals surface area contributed by atoms with Crippen molar-refractivity contribution in [2.24, 2.45) is 0 Å². The van der Waals surface area contributed by atoms with Gasteiger partial charge in [-0.05, 0) is 36.8 Å². The zero-order valence-corrected chi connectivity index (χ0v) is 38.4. The van der Waals surface area contributed by atoms with Crippen molar-refractivity contribution in [1.82, 2.24) is 0 Å². The lowest BCUT2D eigenvalue weighted by molar-refractivity contribution is -0.903. The quantitative estimate of drug-likeness (QED) is 0.0483. The lowest BCUT2D eigenvalue weighted by Gasteiger charge is -2.30. The largest absolute Gasteiger partial charge is 1.00 e. The number of hydrogen-bond donors (Lipinski definition) is 0. The van der Waals surface area contributed by atoms with Gasteiger partial charge in [-0.15, -0.1) is 0 Å². The molecule has 54 heavy (non-hydrogen) atoms. The van der Waals surface area contributed by atoms with Gasteiger partial charge in [0.05, 0.1) is 41.3 Å². The Hall–Kier alpha value is -1.06. The first-order valence-electron chi connectivity index (χ1n) is 23.1. The standard InChI is InChI=1S/C50H90N2.2ClH/c1-7-9-11-13-15-17-19-21-23-25-27-29-31-33-43-51(3,4)45-47-35-39-49(40-36-47)50-41-37-48(38-42-50)46-52(5,6)44-34-32-30-28-26-24-22-20-18-16-14-12-10-8-2;;/h35-42H,7-34,43-46H2,1-6H3;2*1H/q+2;;/p-2. The summed E-state index contributed by atoms with van der Waals surface area (Å²) in [4.78, 5) is 0. The average Bonchev–Trinajstić information content (AvgIpc) is 3.12. The van der Waals surface area contributed by atoms with Crippen molar-refractivity contribution in [2.75, 3.05) is 41.3 Å². The zero-order valence-electron chi connectivity index (χ0n) is 36.9. The second-order valence-corrected chi connectivity index (χ2v) is 18.2. The third-order valence-corrected chi connectivity index (χ3v) is 11.7. The molecule has 0 bridgehead atoms. The van der Waals surface area contributed by atoms with Gasteiger partial charge in [-0.1, -0.05) is 216 Å². The fourth-order valence-corrected chi connectivity index (χ4v) is 8.22. The van der Waals surface area contributed by atoms with Crippen LogP contribution in [0.3, 0.4) is 0 Å². The van der Waals surface area contributed by atoms with E-state index in [-0.39, 0.29) is 24.8 Å². The summed E-state index contributed by atoms with van der Waals surface area (Å²) >= 11 is 0. The smallest absolute Gasteiger partial charge is 0.104 e. The highest BCUT2D eigenvalue weighted by Crippen LogP contribution is 2.23. The summed E-state index contributed by atoms with van der Waals surface area (Å²) < 4.78 is 2.17. The Morgan fingerprint density at radius 2 is 0.500 bits per heavy atom. The van der Waals surface area contributed by atoms with Crippen molar-refractivity contribution in [3.8, 4) is 11.1 Å². The van der Waals surface area contributed by atoms with E-state index in [9.17, 15) is 0 Å². The molecule has 0 aromatic heterocycles. The van der Waals surface area contributed by atoms with Crippen LogP contribution in [0.4, 0.5) is 0 Å². The molecular weight excluding hydrogens is 699 g/mol. The molecule has 0 spiro atoms. The molecule has 0 amide bonds. The third kappa shape index (κ3) is 28.4. The molecule has 0 aliphatic rings. The molecule has 0 aliphatic heterocycles. The maximum atomic E-state index is 2.41. The molecule has 314 valence electrons. The highest BCUT2D eigenvalue weighted by atomic mass is 35.5. The van der Waals surface area contributed by atoms with E-state index in [4.69, 9.17) is 0 Å². The van der Waals surface area contributed by atoms with Crippen molar-refractivity contribution in [3.05, 3.63) is 59.7 Å². The van der Waals surface area contributed by atoms with Gasteiger partial charge in [0.2, 0.25) is 0 Å². The van der Waals surface area contributed by atoms with Crippen LogP contribution in [-0.4, -0.2) is 50.2 Å². The second kappa shape index (κ2) is 34.0. The van der Waals surface area contributed by atoms with E-state index in [0.717, 1.165) is 22.1 Å². The molecule has 0 saturated carbocycles. The van der Waals surface area contributed by atoms with Gasteiger partial charge >= 0.3 is 0 Å². The van der Waals surface area contributed by atoms with E-state index in [1.807, 2.05) is 0 Å². The van der Waals surface area contributed by atoms with Gasteiger partial charge in [0.15, 0.2) is 0 Å². The fraction of sp³-hybridized carbons (Fsp3) is 0.760. The van der Waals surface area contributed by atoms with Crippen LogP contribution in [-0.2, 0) is 13.1 Å². The van der Waals surface area contributed by atoms with Crippen molar-refractivity contribution >= 4 is 0 Å². The van der Waals surface area contributed by atoms with Crippen molar-refractivity contribution in [2.45, 2.75) is 207 Å². The van der Waals surface area contributed by atoms with Crippen molar-refractivity contribution in [3.63, 3.8) is 0 Å². The van der Waals surface area contributed by atoms with E-state index in [1.54, 1.807) is 0 Å². The summed E-state index contributed by atoms with van der Waals surface area (Å²) in [5.41, 5.74) is 5.59. The Bertz CT molecular complexity index is 991. The van der Waals surface area contributed by atoms with Gasteiger partial charge < -0.3 is 33.8 Å². The molecule has 0 fully saturated rings. The van der Waals surface area contributed by atoms with Gasteiger partial charge in [0.1, 0.15) is 13.1 Å². The number of benzene rings is 2. The summed E-state index contributed by atoms with van der Waals surface area (Å²) in [6.45, 7) is 9.39. The highest BCUT2D eigenvalue weighted by molar-refractivity contribution is 5.63. The van der Waals surface area contributed by atoms with Crippen molar-refractivity contribution < 1.29 is 33.8 Å². The molecule has 2 aromatic rings. The highest BCUT2D eigenvalue weighted by Gasteiger charge is 2.17. The summed E-state index contributed by atoms with van der Waals surface area (Å²) in [5, 5.41) is 0. The Morgan fingerprint density at radius 3 is 0.722 bits per heavy atom. The average molecular weight is 790 g/mol. The summed E-state index contributed by atoms with van der Waals surface area (Å²) in [5.74, 6) is 0. The van der Waals surface area contributed by atoms with Crippen LogP contribution >= 0.6 is 0 Å². The van der Waals surface area contributed by atoms with E-state index in [0.29, 0.717) is 0 Å². The number of hydrogen-bond acceptors (Lipinski definition) is 0. The molecule has 0 radical (unpaired) electrons. The minimum Gasteiger partial charge on any atom is -1.00 e. The minimum atomic E-state index is 0. The van der Waals surface area contributed by atoms with Gasteiger partial charge in [-0.3, -0.25) is 0 Å². The first-order chi connectivity index (χ1) is 25.2. The molecule has 0 heterocycles. The van der Waals surface area contributed by atoms with Crippen LogP contribution in [0.25, 0.3) is 11.1 Å². The van der Waals surface area contributed by atoms with E-state index >= 15 is 0 Å². The topological polar surface area (TPSA) is 0 Å². The number of unbranched alkanes of at least 4 members (excludes halogenated alkanes) is 26. The SMILES string of the molecule is CCCCCCCCCCCCCCCC[N+](C)(C)Cc1ccc(-c2ccc(C[N+](C)(C)CCCCCCCCCCCCCCCC)cc2)cc1.[Cl-].[Cl-]. The fourth-order valence-electron chi connectivity index (χ4n) is 8.22. The predicted molar refractivity (Wildman–Crippen MR) is 234 cm³/mol. The maximum absolute atomic E-state index is 2.41. The van der Waals surface area contributed by atoms with E-state index < -0.39 is 0 Å². The van der Waals surface area contributed by atoms with Gasteiger partial charge in [-0.25, -0.2) is 0 Å². The van der Waals surface area contributed by atoms with Gasteiger partial charge in [0.25, 0.3) is 0 Å². The Kier molecular flexibility index (Phi) is 33.4. The number of nitrogens with zero attached hydrogens (tertiary/aromatic N) is 2. The predicted octanol–water partition coefficient (Wildman–Crippen LogP) is 9.48. The number of quaternary nitrogens is 2. The van der Waals surface area contributed by atoms with Crippen molar-refractivity contribution in [1.29, 1.82) is 0 Å². The monoisotopic (exact) mass is 789 g/mol. The third-order valence-electron chi connectivity index (χ3n) is 11.7. The lowest BCUT2D eigenvalue weighted by atomic mass is 10.0. The first-order valence-corrected chi connectivity index (χ1v) is 23.1. The van der Waals surface area contributed by atoms with Crippen LogP contribution in [0, 0.1) is 0 Å². The molecule has 2 rings (SSSR count). The normalized spacial score (nSPS) is 11.7. The maximum Gasteiger partial charge on any atom is 0.104 e. The molecule has 0 aliphatic carbocycles. The Morgan fingerprint density at radius 1 is 0.296 bits per heavy atom. The molecule has 0 N–H and O–H groups in total. The molecule has 4 heteroatoms. The van der Waals surface area contributed by atoms with Gasteiger partial charge in [-0.2, -0.15) is 0 Å². The van der Waals surface area contributed by atoms with E-state index in [2.05, 4.69) is 90.6 Å². The molecule has 0 atom stereocenters. The first kappa shape index (κ1) is 52.9. The number of halogens is 2.